The Labute approximate surface area is 104 Å². The highest BCUT2D eigenvalue weighted by atomic mass is 16.5. The van der Waals surface area contributed by atoms with Crippen LogP contribution in [0.25, 0.3) is 5.57 Å². The molecule has 1 aromatic rings. The van der Waals surface area contributed by atoms with E-state index in [4.69, 9.17) is 4.74 Å². The second-order valence-corrected chi connectivity index (χ2v) is 5.36. The zero-order valence-electron chi connectivity index (χ0n) is 11.5. The van der Waals surface area contributed by atoms with Gasteiger partial charge in [-0.3, -0.25) is 0 Å². The fourth-order valence-corrected chi connectivity index (χ4v) is 2.67. The lowest BCUT2D eigenvalue weighted by molar-refractivity contribution is 0.410. The fraction of sp³-hybridized carbons (Fsp3) is 0.500. The SMILES string of the molecule is COc1[13cH][13c]2[13c]([13cH]c1C)[13C](C(C)C)=[13CH]CC2C. The molecule has 0 fully saturated rings. The van der Waals surface area contributed by atoms with Gasteiger partial charge in [0.05, 0.1) is 7.11 Å². The Kier molecular flexibility index (Phi) is 3.28. The highest BCUT2D eigenvalue weighted by molar-refractivity contribution is 5.73. The lowest BCUT2D eigenvalue weighted by atomic mass is 10.2. The van der Waals surface area contributed by atoms with Gasteiger partial charge in [-0.1, -0.05) is 26.8 Å². The molecule has 0 aliphatic heterocycles. The van der Waals surface area contributed by atoms with Crippen LogP contribution >= 0.6 is 0 Å². The summed E-state index contributed by atoms with van der Waals surface area (Å²) in [7, 11) is 1.75. The second-order valence-electron chi connectivity index (χ2n) is 5.36. The van der Waals surface area contributed by atoms with E-state index < -0.39 is 0 Å². The van der Waals surface area contributed by atoms with E-state index in [1.807, 2.05) is 0 Å². The van der Waals surface area contributed by atoms with Crippen molar-refractivity contribution in [2.45, 2.75) is 40.0 Å². The van der Waals surface area contributed by atoms with Crippen LogP contribution in [0.2, 0.25) is 0 Å². The Morgan fingerprint density at radius 3 is 2.59 bits per heavy atom. The van der Waals surface area contributed by atoms with E-state index in [2.05, 4.69) is 45.9 Å². The van der Waals surface area contributed by atoms with E-state index >= 15 is 0 Å². The van der Waals surface area contributed by atoms with Gasteiger partial charge in [-0.2, -0.15) is 0 Å². The molecule has 1 aromatic carbocycles. The van der Waals surface area contributed by atoms with Crippen LogP contribution < -0.4 is 4.74 Å². The lowest BCUT2D eigenvalue weighted by Crippen LogP contribution is -2.08. The molecular weight excluding hydrogens is 214 g/mol. The molecule has 1 heteroatoms. The summed E-state index contributed by atoms with van der Waals surface area (Å²) in [5.74, 6) is 2.21. The largest absolute Gasteiger partial charge is 0.496 e. The molecule has 17 heavy (non-hydrogen) atoms. The molecule has 2 rings (SSSR count). The Morgan fingerprint density at radius 1 is 1.29 bits per heavy atom. The van der Waals surface area contributed by atoms with Crippen LogP contribution in [0, 0.1) is 12.8 Å². The Bertz CT molecular complexity index is 455. The third-order valence-corrected chi connectivity index (χ3v) is 3.72. The van der Waals surface area contributed by atoms with Crippen molar-refractivity contribution in [1.82, 2.24) is 0 Å². The molecule has 1 aliphatic rings. The third kappa shape index (κ3) is 2.11. The average Bonchev–Trinajstić information content (AvgIpc) is 2.28. The van der Waals surface area contributed by atoms with Crippen LogP contribution in [0.15, 0.2) is 18.2 Å². The first-order chi connectivity index (χ1) is 8.04. The topological polar surface area (TPSA) is 9.23 Å². The average molecular weight is 236 g/mol. The highest BCUT2D eigenvalue weighted by Gasteiger charge is 2.21. The van der Waals surface area contributed by atoms with Gasteiger partial charge < -0.3 is 4.74 Å². The number of aryl methyl sites for hydroxylation is 1. The Morgan fingerprint density at radius 2 is 2.00 bits per heavy atom. The molecule has 0 radical (unpaired) electrons. The summed E-state index contributed by atoms with van der Waals surface area (Å²) >= 11 is 0. The van der Waals surface area contributed by atoms with Gasteiger partial charge >= 0.3 is 0 Å². The van der Waals surface area contributed by atoms with E-state index in [0.717, 1.165) is 12.2 Å². The second kappa shape index (κ2) is 4.56. The van der Waals surface area contributed by atoms with Crippen molar-refractivity contribution in [2.24, 2.45) is 5.92 Å². The van der Waals surface area contributed by atoms with E-state index in [1.165, 1.54) is 22.3 Å². The van der Waals surface area contributed by atoms with Gasteiger partial charge in [0.15, 0.2) is 0 Å². The fourth-order valence-electron chi connectivity index (χ4n) is 2.67. The van der Waals surface area contributed by atoms with E-state index in [1.54, 1.807) is 7.11 Å². The van der Waals surface area contributed by atoms with Crippen molar-refractivity contribution in [3.8, 4) is 5.75 Å². The minimum absolute atomic E-state index is 0.592. The summed E-state index contributed by atoms with van der Waals surface area (Å²) in [6.07, 6.45) is 3.55. The van der Waals surface area contributed by atoms with Crippen molar-refractivity contribution in [1.29, 1.82) is 0 Å². The van der Waals surface area contributed by atoms with Gasteiger partial charge in [0.1, 0.15) is 5.75 Å². The van der Waals surface area contributed by atoms with Gasteiger partial charge in [0.25, 0.3) is 0 Å². The molecule has 1 atom stereocenters. The first-order valence-electron chi connectivity index (χ1n) is 6.43. The smallest absolute Gasteiger partial charge is 0.122 e. The van der Waals surface area contributed by atoms with E-state index in [-0.39, 0.29) is 0 Å². The number of hydrogen-bond acceptors (Lipinski definition) is 1. The summed E-state index contributed by atoms with van der Waals surface area (Å²) in [6.45, 7) is 8.95. The molecule has 1 aliphatic carbocycles. The van der Waals surface area contributed by atoms with E-state index in [9.17, 15) is 0 Å². The molecule has 0 N–H and O–H groups in total. The first-order valence-corrected chi connectivity index (χ1v) is 6.43. The standard InChI is InChI=1S/C16H22O/c1-10(2)13-7-6-11(3)14-9-16(17-5)12(4)8-15(13)14/h7-11H,6H2,1-5H3/i7+1,8+1,9+1,13+1,14+1,15+1. The number of fused-ring (bicyclic) bond motifs is 1. The molecule has 1 unspecified atom stereocenters. The molecule has 0 heterocycles. The van der Waals surface area contributed by atoms with Crippen molar-refractivity contribution in [3.05, 3.63) is 34.9 Å². The molecule has 0 aromatic heterocycles. The Hall–Kier alpha value is -1.24. The zero-order valence-corrected chi connectivity index (χ0v) is 11.5. The van der Waals surface area contributed by atoms with Crippen LogP contribution in [-0.2, 0) is 0 Å². The minimum Gasteiger partial charge on any atom is -0.496 e. The van der Waals surface area contributed by atoms with Gasteiger partial charge in [0.2, 0.25) is 0 Å². The van der Waals surface area contributed by atoms with Crippen LogP contribution in [0.5, 0.6) is 5.75 Å². The highest BCUT2D eigenvalue weighted by Crippen LogP contribution is 2.40. The van der Waals surface area contributed by atoms with Crippen LogP contribution in [0.3, 0.4) is 0 Å². The number of rotatable bonds is 2. The summed E-state index contributed by atoms with van der Waals surface area (Å²) in [5, 5.41) is 0. The molecule has 1 nitrogen and oxygen atoms in total. The van der Waals surface area contributed by atoms with Crippen LogP contribution in [0.4, 0.5) is 0 Å². The van der Waals surface area contributed by atoms with Gasteiger partial charge in [-0.25, -0.2) is 0 Å². The minimum atomic E-state index is 0.592. The quantitative estimate of drug-likeness (QED) is 0.684. The first kappa shape index (κ1) is 12.2. The molecule has 0 saturated carbocycles. The lowest BCUT2D eigenvalue weighted by Gasteiger charge is -2.26. The van der Waals surface area contributed by atoms with E-state index in [0.29, 0.717) is 11.8 Å². The van der Waals surface area contributed by atoms with Crippen molar-refractivity contribution < 1.29 is 4.74 Å². The monoisotopic (exact) mass is 236 g/mol. The normalized spacial score (nSPS) is 18.9. The van der Waals surface area contributed by atoms with Crippen molar-refractivity contribution in [3.63, 3.8) is 0 Å². The summed E-state index contributed by atoms with van der Waals surface area (Å²) in [6, 6.07) is 4.51. The maximum atomic E-state index is 5.44. The predicted molar refractivity (Wildman–Crippen MR) is 73.6 cm³/mol. The summed E-state index contributed by atoms with van der Waals surface area (Å²) < 4.78 is 5.44. The zero-order chi connectivity index (χ0) is 12.6. The number of hydrogen-bond donors (Lipinski definition) is 0. The van der Waals surface area contributed by atoms with Gasteiger partial charge in [0, 0.05) is 0 Å². The summed E-state index contributed by atoms with van der Waals surface area (Å²) in [5.41, 5.74) is 5.59. The molecular formula is C16H22O. The van der Waals surface area contributed by atoms with Crippen molar-refractivity contribution in [2.75, 3.05) is 7.11 Å². The predicted octanol–water partition coefficient (Wildman–Crippen LogP) is 4.55. The maximum absolute atomic E-state index is 5.44. The number of methoxy groups -OCH3 is 1. The molecule has 0 bridgehead atoms. The van der Waals surface area contributed by atoms with Gasteiger partial charge in [-0.05, 0) is 59.6 Å². The van der Waals surface area contributed by atoms with Crippen LogP contribution in [0.1, 0.15) is 49.8 Å². The molecule has 0 spiro atoms. The van der Waals surface area contributed by atoms with Crippen LogP contribution in [-0.4, -0.2) is 7.11 Å². The molecule has 92 valence electrons. The maximum Gasteiger partial charge on any atom is 0.122 e. The number of ether oxygens (including phenoxy) is 1. The third-order valence-electron chi connectivity index (χ3n) is 3.72. The van der Waals surface area contributed by atoms with Crippen molar-refractivity contribution >= 4 is 5.57 Å². The van der Waals surface area contributed by atoms with Gasteiger partial charge in [-0.15, -0.1) is 0 Å². The Balaban J connectivity index is 2.58. The molecule has 0 amide bonds. The number of allylic oxidation sites excluding steroid dienone is 2. The summed E-state index contributed by atoms with van der Waals surface area (Å²) in [4.78, 5) is 0. The molecule has 0 saturated heterocycles. The number of benzene rings is 1.